The van der Waals surface area contributed by atoms with Crippen LogP contribution in [0, 0.1) is 5.82 Å². The molecule has 0 spiro atoms. The first-order chi connectivity index (χ1) is 9.20. The molecule has 0 heterocycles. The molecule has 0 atom stereocenters. The Bertz CT molecular complexity index is 567. The molecule has 0 radical (unpaired) electrons. The molecule has 0 aliphatic rings. The number of halogens is 1. The molecule has 2 aromatic rings. The first-order valence-electron chi connectivity index (χ1n) is 5.86. The van der Waals surface area contributed by atoms with E-state index in [-0.39, 0.29) is 11.8 Å². The molecule has 2 aromatic carbocycles. The predicted octanol–water partition coefficient (Wildman–Crippen LogP) is 3.22. The fourth-order valence-corrected chi connectivity index (χ4v) is 1.75. The van der Waals surface area contributed by atoms with Crippen LogP contribution in [-0.2, 0) is 11.3 Å². The van der Waals surface area contributed by atoms with Crippen LogP contribution in [0.5, 0.6) is 0 Å². The van der Waals surface area contributed by atoms with Crippen molar-refractivity contribution in [3.8, 4) is 0 Å². The van der Waals surface area contributed by atoms with Gasteiger partial charge in [0.2, 0.25) is 0 Å². The second kappa shape index (κ2) is 6.00. The van der Waals surface area contributed by atoms with Crippen molar-refractivity contribution in [1.82, 2.24) is 0 Å². The van der Waals surface area contributed by atoms with Crippen molar-refractivity contribution in [3.05, 3.63) is 65.5 Å². The number of nitrogens with one attached hydrogen (secondary N) is 1. The van der Waals surface area contributed by atoms with Gasteiger partial charge in [0, 0.05) is 12.2 Å². The molecule has 0 unspecified atom stereocenters. The molecule has 1 N–H and O–H groups in total. The summed E-state index contributed by atoms with van der Waals surface area (Å²) >= 11 is 0. The van der Waals surface area contributed by atoms with E-state index >= 15 is 0 Å². The number of carbonyl (C=O) groups excluding carboxylic acids is 1. The van der Waals surface area contributed by atoms with E-state index in [0.717, 1.165) is 11.3 Å². The quantitative estimate of drug-likeness (QED) is 0.857. The zero-order valence-corrected chi connectivity index (χ0v) is 10.5. The van der Waals surface area contributed by atoms with Crippen molar-refractivity contribution in [2.75, 3.05) is 12.4 Å². The van der Waals surface area contributed by atoms with Crippen molar-refractivity contribution >= 4 is 11.7 Å². The Labute approximate surface area is 111 Å². The number of hydrogen-bond acceptors (Lipinski definition) is 3. The van der Waals surface area contributed by atoms with Crippen molar-refractivity contribution in [2.24, 2.45) is 0 Å². The van der Waals surface area contributed by atoms with E-state index in [1.54, 1.807) is 24.3 Å². The lowest BCUT2D eigenvalue weighted by atomic mass is 10.1. The molecule has 19 heavy (non-hydrogen) atoms. The van der Waals surface area contributed by atoms with Crippen LogP contribution in [0.2, 0.25) is 0 Å². The maximum Gasteiger partial charge on any atom is 0.338 e. The van der Waals surface area contributed by atoms with E-state index < -0.39 is 0 Å². The molecule has 0 aliphatic heterocycles. The van der Waals surface area contributed by atoms with Crippen LogP contribution in [0.15, 0.2) is 48.5 Å². The minimum absolute atomic E-state index is 0.277. The Hall–Kier alpha value is -2.36. The Balaban J connectivity index is 2.11. The number of esters is 1. The average molecular weight is 259 g/mol. The van der Waals surface area contributed by atoms with E-state index in [1.165, 1.54) is 19.2 Å². The van der Waals surface area contributed by atoms with Gasteiger partial charge in [-0.2, -0.15) is 0 Å². The summed E-state index contributed by atoms with van der Waals surface area (Å²) in [6.07, 6.45) is 0. The number of rotatable bonds is 4. The second-order valence-corrected chi connectivity index (χ2v) is 4.01. The largest absolute Gasteiger partial charge is 0.465 e. The summed E-state index contributed by atoms with van der Waals surface area (Å²) in [5.41, 5.74) is 2.15. The highest BCUT2D eigenvalue weighted by molar-refractivity contribution is 5.91. The van der Waals surface area contributed by atoms with E-state index in [2.05, 4.69) is 5.32 Å². The summed E-state index contributed by atoms with van der Waals surface area (Å²) < 4.78 is 17.5. The molecule has 4 heteroatoms. The molecule has 98 valence electrons. The normalized spacial score (nSPS) is 10.0. The topological polar surface area (TPSA) is 38.3 Å². The van der Waals surface area contributed by atoms with E-state index in [0.29, 0.717) is 12.1 Å². The smallest absolute Gasteiger partial charge is 0.338 e. The first-order valence-corrected chi connectivity index (χ1v) is 5.86. The van der Waals surface area contributed by atoms with Gasteiger partial charge in [0.25, 0.3) is 0 Å². The highest BCUT2D eigenvalue weighted by atomic mass is 19.1. The van der Waals surface area contributed by atoms with Crippen LogP contribution >= 0.6 is 0 Å². The fraction of sp³-hybridized carbons (Fsp3) is 0.133. The van der Waals surface area contributed by atoms with Crippen molar-refractivity contribution < 1.29 is 13.9 Å². The van der Waals surface area contributed by atoms with Crippen molar-refractivity contribution in [2.45, 2.75) is 6.54 Å². The number of anilines is 1. The third kappa shape index (κ3) is 3.31. The second-order valence-electron chi connectivity index (χ2n) is 4.01. The summed E-state index contributed by atoms with van der Waals surface area (Å²) in [6.45, 7) is 0.469. The Morgan fingerprint density at radius 2 is 1.84 bits per heavy atom. The van der Waals surface area contributed by atoms with Gasteiger partial charge in [0.1, 0.15) is 5.82 Å². The van der Waals surface area contributed by atoms with Gasteiger partial charge in [-0.25, -0.2) is 9.18 Å². The summed E-state index contributed by atoms with van der Waals surface area (Å²) in [4.78, 5) is 11.6. The van der Waals surface area contributed by atoms with Gasteiger partial charge in [-0.3, -0.25) is 0 Å². The summed E-state index contributed by atoms with van der Waals surface area (Å²) in [6, 6.07) is 13.3. The Kier molecular flexibility index (Phi) is 4.13. The maximum absolute atomic E-state index is 12.8. The number of carbonyl (C=O) groups is 1. The van der Waals surface area contributed by atoms with Gasteiger partial charge in [-0.05, 0) is 35.9 Å². The fourth-order valence-electron chi connectivity index (χ4n) is 1.75. The highest BCUT2D eigenvalue weighted by Crippen LogP contribution is 2.14. The Morgan fingerprint density at radius 3 is 2.53 bits per heavy atom. The molecular weight excluding hydrogens is 245 g/mol. The molecule has 0 bridgehead atoms. The molecule has 0 amide bonds. The molecule has 0 saturated heterocycles. The van der Waals surface area contributed by atoms with E-state index in [9.17, 15) is 9.18 Å². The molecule has 3 nitrogen and oxygen atoms in total. The Morgan fingerprint density at radius 1 is 1.16 bits per heavy atom. The first kappa shape index (κ1) is 13.1. The average Bonchev–Trinajstić information content (AvgIpc) is 2.46. The lowest BCUT2D eigenvalue weighted by Gasteiger charge is -2.10. The minimum atomic E-state index is -0.364. The third-order valence-corrected chi connectivity index (χ3v) is 2.75. The van der Waals surface area contributed by atoms with E-state index in [4.69, 9.17) is 4.74 Å². The SMILES string of the molecule is COC(=O)c1ccccc1CNc1ccc(F)cc1. The van der Waals surface area contributed by atoms with Crippen LogP contribution < -0.4 is 5.32 Å². The van der Waals surface area contributed by atoms with Gasteiger partial charge in [0.15, 0.2) is 0 Å². The van der Waals surface area contributed by atoms with Crippen molar-refractivity contribution in [1.29, 1.82) is 0 Å². The van der Waals surface area contributed by atoms with Gasteiger partial charge < -0.3 is 10.1 Å². The van der Waals surface area contributed by atoms with Crippen LogP contribution in [-0.4, -0.2) is 13.1 Å². The summed E-state index contributed by atoms with van der Waals surface area (Å²) in [5, 5.41) is 3.13. The monoisotopic (exact) mass is 259 g/mol. The van der Waals surface area contributed by atoms with Crippen molar-refractivity contribution in [3.63, 3.8) is 0 Å². The van der Waals surface area contributed by atoms with Crippen LogP contribution in [0.25, 0.3) is 0 Å². The number of methoxy groups -OCH3 is 1. The van der Waals surface area contributed by atoms with Gasteiger partial charge >= 0.3 is 5.97 Å². The lowest BCUT2D eigenvalue weighted by Crippen LogP contribution is -2.09. The van der Waals surface area contributed by atoms with Crippen LogP contribution in [0.3, 0.4) is 0 Å². The van der Waals surface area contributed by atoms with Gasteiger partial charge in [0.05, 0.1) is 12.7 Å². The molecule has 0 aromatic heterocycles. The molecule has 2 rings (SSSR count). The zero-order valence-electron chi connectivity index (χ0n) is 10.5. The van der Waals surface area contributed by atoms with Gasteiger partial charge in [-0.1, -0.05) is 18.2 Å². The zero-order chi connectivity index (χ0) is 13.7. The highest BCUT2D eigenvalue weighted by Gasteiger charge is 2.10. The maximum atomic E-state index is 12.8. The van der Waals surface area contributed by atoms with E-state index in [1.807, 2.05) is 12.1 Å². The third-order valence-electron chi connectivity index (χ3n) is 2.75. The number of ether oxygens (including phenoxy) is 1. The lowest BCUT2D eigenvalue weighted by molar-refractivity contribution is 0.0599. The molecular formula is C15H14FNO2. The molecule has 0 saturated carbocycles. The standard InChI is InChI=1S/C15H14FNO2/c1-19-15(18)14-5-3-2-4-11(14)10-17-13-8-6-12(16)7-9-13/h2-9,17H,10H2,1H3. The predicted molar refractivity (Wildman–Crippen MR) is 71.5 cm³/mol. The van der Waals surface area contributed by atoms with Gasteiger partial charge in [-0.15, -0.1) is 0 Å². The summed E-state index contributed by atoms with van der Waals surface area (Å²) in [5.74, 6) is -0.642. The number of hydrogen-bond donors (Lipinski definition) is 1. The van der Waals surface area contributed by atoms with Crippen LogP contribution in [0.4, 0.5) is 10.1 Å². The minimum Gasteiger partial charge on any atom is -0.465 e. The molecule has 0 fully saturated rings. The van der Waals surface area contributed by atoms with Crippen LogP contribution in [0.1, 0.15) is 15.9 Å². The summed E-state index contributed by atoms with van der Waals surface area (Å²) in [7, 11) is 1.35. The molecule has 0 aliphatic carbocycles. The number of benzene rings is 2.